The molecule has 0 fully saturated rings. The van der Waals surface area contributed by atoms with E-state index in [1.807, 2.05) is 6.07 Å². The van der Waals surface area contributed by atoms with E-state index in [1.54, 1.807) is 0 Å². The van der Waals surface area contributed by atoms with Crippen molar-refractivity contribution < 1.29 is 0 Å². The predicted molar refractivity (Wildman–Crippen MR) is 67.7 cm³/mol. The number of aromatic amines is 1. The van der Waals surface area contributed by atoms with Gasteiger partial charge in [0.15, 0.2) is 0 Å². The zero-order valence-corrected chi connectivity index (χ0v) is 10.3. The summed E-state index contributed by atoms with van der Waals surface area (Å²) in [6.07, 6.45) is 0. The minimum Gasteiger partial charge on any atom is -0.357 e. The number of hydrogen-bond acceptors (Lipinski definition) is 1. The van der Waals surface area contributed by atoms with Gasteiger partial charge in [0.1, 0.15) is 0 Å². The minimum atomic E-state index is 0.593. The van der Waals surface area contributed by atoms with Crippen LogP contribution in [-0.4, -0.2) is 15.9 Å². The molecule has 0 bridgehead atoms. The van der Waals surface area contributed by atoms with Gasteiger partial charge in [-0.3, -0.25) is 4.90 Å². The minimum absolute atomic E-state index is 0.593. The molecular formula is C13H15ClN2. The zero-order valence-electron chi connectivity index (χ0n) is 9.55. The average molecular weight is 235 g/mol. The summed E-state index contributed by atoms with van der Waals surface area (Å²) in [5.74, 6) is 0. The summed E-state index contributed by atoms with van der Waals surface area (Å²) in [5, 5.41) is 2.10. The molecule has 1 aliphatic rings. The third-order valence-electron chi connectivity index (χ3n) is 3.41. The highest BCUT2D eigenvalue weighted by molar-refractivity contribution is 6.31. The van der Waals surface area contributed by atoms with E-state index in [4.69, 9.17) is 11.6 Å². The van der Waals surface area contributed by atoms with Gasteiger partial charge in [-0.2, -0.15) is 0 Å². The molecule has 0 atom stereocenters. The summed E-state index contributed by atoms with van der Waals surface area (Å²) in [5.41, 5.74) is 3.98. The van der Waals surface area contributed by atoms with E-state index < -0.39 is 0 Å². The Bertz CT molecular complexity index is 542. The van der Waals surface area contributed by atoms with Gasteiger partial charge in [-0.1, -0.05) is 11.6 Å². The highest BCUT2D eigenvalue weighted by Gasteiger charge is 2.24. The first kappa shape index (κ1) is 10.2. The van der Waals surface area contributed by atoms with Crippen LogP contribution in [-0.2, 0) is 13.1 Å². The van der Waals surface area contributed by atoms with Crippen LogP contribution >= 0.6 is 11.6 Å². The summed E-state index contributed by atoms with van der Waals surface area (Å²) in [4.78, 5) is 5.95. The number of nitrogens with one attached hydrogen (secondary N) is 1. The molecule has 16 heavy (non-hydrogen) atoms. The summed E-state index contributed by atoms with van der Waals surface area (Å²) < 4.78 is 0. The number of rotatable bonds is 1. The normalized spacial score (nSPS) is 16.2. The molecule has 3 rings (SSSR count). The lowest BCUT2D eigenvalue weighted by Gasteiger charge is -2.19. The predicted octanol–water partition coefficient (Wildman–Crippen LogP) is 3.55. The van der Waals surface area contributed by atoms with Crippen LogP contribution in [0.15, 0.2) is 18.2 Å². The molecule has 0 aliphatic carbocycles. The Labute approximate surface area is 100 Å². The van der Waals surface area contributed by atoms with Gasteiger partial charge in [0.25, 0.3) is 0 Å². The lowest BCUT2D eigenvalue weighted by atomic mass is 10.1. The Morgan fingerprint density at radius 1 is 1.31 bits per heavy atom. The van der Waals surface area contributed by atoms with Crippen LogP contribution in [0.4, 0.5) is 0 Å². The molecular weight excluding hydrogens is 220 g/mol. The van der Waals surface area contributed by atoms with Crippen molar-refractivity contribution in [1.29, 1.82) is 0 Å². The van der Waals surface area contributed by atoms with Gasteiger partial charge < -0.3 is 4.98 Å². The van der Waals surface area contributed by atoms with Gasteiger partial charge in [0.05, 0.1) is 0 Å². The quantitative estimate of drug-likeness (QED) is 0.800. The first-order chi connectivity index (χ1) is 7.65. The average Bonchev–Trinajstić information content (AvgIpc) is 2.75. The molecule has 1 N–H and O–H groups in total. The van der Waals surface area contributed by atoms with E-state index in [0.29, 0.717) is 6.04 Å². The van der Waals surface area contributed by atoms with Crippen LogP contribution in [0.2, 0.25) is 5.02 Å². The molecule has 0 radical (unpaired) electrons. The summed E-state index contributed by atoms with van der Waals surface area (Å²) in [6.45, 7) is 6.54. The van der Waals surface area contributed by atoms with Crippen LogP contribution in [0.25, 0.3) is 10.9 Å². The van der Waals surface area contributed by atoms with Crippen molar-refractivity contribution in [2.24, 2.45) is 0 Å². The van der Waals surface area contributed by atoms with E-state index in [0.717, 1.165) is 18.1 Å². The first-order valence-electron chi connectivity index (χ1n) is 5.68. The zero-order chi connectivity index (χ0) is 11.3. The fourth-order valence-corrected chi connectivity index (χ4v) is 2.59. The van der Waals surface area contributed by atoms with E-state index in [2.05, 4.69) is 35.9 Å². The SMILES string of the molecule is CC(C)N1Cc2[nH]c3ccc(Cl)cc3c2C1. The molecule has 84 valence electrons. The van der Waals surface area contributed by atoms with Gasteiger partial charge in [0, 0.05) is 40.8 Å². The number of H-pyrrole nitrogens is 1. The molecule has 2 aromatic rings. The Morgan fingerprint density at radius 2 is 2.12 bits per heavy atom. The van der Waals surface area contributed by atoms with Crippen molar-refractivity contribution in [3.05, 3.63) is 34.5 Å². The number of halogens is 1. The molecule has 3 heteroatoms. The van der Waals surface area contributed by atoms with Crippen molar-refractivity contribution >= 4 is 22.5 Å². The molecule has 0 spiro atoms. The molecule has 2 heterocycles. The largest absolute Gasteiger partial charge is 0.357 e. The second-order valence-corrected chi connectivity index (χ2v) is 5.21. The Hall–Kier alpha value is -0.990. The van der Waals surface area contributed by atoms with Crippen LogP contribution < -0.4 is 0 Å². The van der Waals surface area contributed by atoms with Crippen LogP contribution in [0.1, 0.15) is 25.1 Å². The summed E-state index contributed by atoms with van der Waals surface area (Å²) in [7, 11) is 0. The standard InChI is InChI=1S/C13H15ClN2/c1-8(2)16-6-11-10-5-9(14)3-4-12(10)15-13(11)7-16/h3-5,8,15H,6-7H2,1-2H3. The molecule has 1 aliphatic heterocycles. The van der Waals surface area contributed by atoms with Crippen LogP contribution in [0.5, 0.6) is 0 Å². The fraction of sp³-hybridized carbons (Fsp3) is 0.385. The Balaban J connectivity index is 2.10. The maximum absolute atomic E-state index is 6.05. The number of nitrogens with zero attached hydrogens (tertiary/aromatic N) is 1. The van der Waals surface area contributed by atoms with Crippen molar-refractivity contribution in [2.75, 3.05) is 0 Å². The van der Waals surface area contributed by atoms with Crippen molar-refractivity contribution in [2.45, 2.75) is 33.0 Å². The molecule has 2 nitrogen and oxygen atoms in total. The summed E-state index contributed by atoms with van der Waals surface area (Å²) >= 11 is 6.05. The monoisotopic (exact) mass is 234 g/mol. The molecule has 1 aromatic heterocycles. The molecule has 0 saturated carbocycles. The number of benzene rings is 1. The summed E-state index contributed by atoms with van der Waals surface area (Å²) in [6, 6.07) is 6.66. The topological polar surface area (TPSA) is 19.0 Å². The lowest BCUT2D eigenvalue weighted by molar-refractivity contribution is 0.226. The van der Waals surface area contributed by atoms with Crippen LogP contribution in [0.3, 0.4) is 0 Å². The third-order valence-corrected chi connectivity index (χ3v) is 3.64. The Kier molecular flexibility index (Phi) is 2.23. The highest BCUT2D eigenvalue weighted by Crippen LogP contribution is 2.32. The number of hydrogen-bond donors (Lipinski definition) is 1. The maximum Gasteiger partial charge on any atom is 0.0460 e. The molecule has 1 aromatic carbocycles. The van der Waals surface area contributed by atoms with Crippen molar-refractivity contribution in [3.8, 4) is 0 Å². The third kappa shape index (κ3) is 1.45. The van der Waals surface area contributed by atoms with Crippen molar-refractivity contribution in [1.82, 2.24) is 9.88 Å². The smallest absolute Gasteiger partial charge is 0.0460 e. The highest BCUT2D eigenvalue weighted by atomic mass is 35.5. The van der Waals surface area contributed by atoms with E-state index in [-0.39, 0.29) is 0 Å². The van der Waals surface area contributed by atoms with Gasteiger partial charge in [-0.05, 0) is 37.6 Å². The fourth-order valence-electron chi connectivity index (χ4n) is 2.42. The number of fused-ring (bicyclic) bond motifs is 3. The molecule has 0 unspecified atom stereocenters. The lowest BCUT2D eigenvalue weighted by Crippen LogP contribution is -2.24. The second kappa shape index (κ2) is 3.51. The van der Waals surface area contributed by atoms with E-state index in [1.165, 1.54) is 22.2 Å². The van der Waals surface area contributed by atoms with E-state index in [9.17, 15) is 0 Å². The Morgan fingerprint density at radius 3 is 2.88 bits per heavy atom. The first-order valence-corrected chi connectivity index (χ1v) is 6.06. The van der Waals surface area contributed by atoms with E-state index >= 15 is 0 Å². The van der Waals surface area contributed by atoms with Gasteiger partial charge in [-0.25, -0.2) is 0 Å². The van der Waals surface area contributed by atoms with Crippen LogP contribution in [0, 0.1) is 0 Å². The van der Waals surface area contributed by atoms with Gasteiger partial charge in [0.2, 0.25) is 0 Å². The van der Waals surface area contributed by atoms with Gasteiger partial charge >= 0.3 is 0 Å². The molecule has 0 amide bonds. The molecule has 0 saturated heterocycles. The van der Waals surface area contributed by atoms with Crippen molar-refractivity contribution in [3.63, 3.8) is 0 Å². The second-order valence-electron chi connectivity index (χ2n) is 4.77. The van der Waals surface area contributed by atoms with Gasteiger partial charge in [-0.15, -0.1) is 0 Å². The number of aromatic nitrogens is 1. The maximum atomic E-state index is 6.05.